The summed E-state index contributed by atoms with van der Waals surface area (Å²) in [5.74, 6) is 0. The van der Waals surface area contributed by atoms with Crippen LogP contribution in [-0.4, -0.2) is 6.54 Å². The number of rotatable bonds is 5. The number of hydrogen-bond donors (Lipinski definition) is 1. The van der Waals surface area contributed by atoms with Crippen molar-refractivity contribution in [3.8, 4) is 0 Å². The third-order valence-corrected chi connectivity index (χ3v) is 4.21. The second kappa shape index (κ2) is 6.00. The lowest BCUT2D eigenvalue weighted by Gasteiger charge is -2.07. The van der Waals surface area contributed by atoms with Crippen molar-refractivity contribution in [2.75, 3.05) is 6.54 Å². The molecule has 0 aliphatic rings. The van der Waals surface area contributed by atoms with E-state index in [1.807, 2.05) is 11.3 Å². The summed E-state index contributed by atoms with van der Waals surface area (Å²) in [5.41, 5.74) is 1.43. The van der Waals surface area contributed by atoms with Gasteiger partial charge in [-0.25, -0.2) is 0 Å². The van der Waals surface area contributed by atoms with Gasteiger partial charge in [0.2, 0.25) is 0 Å². The minimum Gasteiger partial charge on any atom is -0.312 e. The van der Waals surface area contributed by atoms with Crippen LogP contribution < -0.4 is 5.32 Å². The molecule has 0 radical (unpaired) electrons. The van der Waals surface area contributed by atoms with Gasteiger partial charge < -0.3 is 5.32 Å². The van der Waals surface area contributed by atoms with E-state index in [4.69, 9.17) is 0 Å². The second-order valence-electron chi connectivity index (χ2n) is 4.64. The van der Waals surface area contributed by atoms with Crippen molar-refractivity contribution in [1.82, 2.24) is 5.32 Å². The average Bonchev–Trinajstić information content (AvgIpc) is 2.97. The van der Waals surface area contributed by atoms with Gasteiger partial charge in [-0.3, -0.25) is 0 Å². The van der Waals surface area contributed by atoms with Gasteiger partial charge in [0, 0.05) is 11.4 Å². The van der Waals surface area contributed by atoms with Crippen LogP contribution in [0.15, 0.2) is 60.0 Å². The zero-order valence-electron chi connectivity index (χ0n) is 10.8. The molecule has 0 saturated heterocycles. The van der Waals surface area contributed by atoms with E-state index in [1.54, 1.807) is 0 Å². The van der Waals surface area contributed by atoms with Crippen LogP contribution in [0.4, 0.5) is 0 Å². The van der Waals surface area contributed by atoms with Crippen LogP contribution in [0, 0.1) is 0 Å². The van der Waals surface area contributed by atoms with Crippen molar-refractivity contribution in [3.63, 3.8) is 0 Å². The monoisotopic (exact) mass is 267 g/mol. The first kappa shape index (κ1) is 12.4. The van der Waals surface area contributed by atoms with E-state index < -0.39 is 0 Å². The Hall–Kier alpha value is -1.64. The molecule has 0 spiro atoms. The van der Waals surface area contributed by atoms with Crippen LogP contribution in [0.5, 0.6) is 0 Å². The van der Waals surface area contributed by atoms with Crippen molar-refractivity contribution in [3.05, 3.63) is 70.4 Å². The van der Waals surface area contributed by atoms with E-state index in [1.165, 1.54) is 21.2 Å². The molecule has 3 rings (SSSR count). The predicted octanol–water partition coefficient (Wildman–Crippen LogP) is 4.23. The van der Waals surface area contributed by atoms with Gasteiger partial charge in [0.1, 0.15) is 0 Å². The molecule has 0 aliphatic heterocycles. The Morgan fingerprint density at radius 2 is 1.79 bits per heavy atom. The Kier molecular flexibility index (Phi) is 3.92. The molecule has 0 bridgehead atoms. The summed E-state index contributed by atoms with van der Waals surface area (Å²) in [7, 11) is 0. The number of thiophene rings is 1. The lowest BCUT2D eigenvalue weighted by atomic mass is 10.0. The van der Waals surface area contributed by atoms with E-state index in [-0.39, 0.29) is 0 Å². The molecule has 0 aliphatic carbocycles. The van der Waals surface area contributed by atoms with Crippen LogP contribution in [0.25, 0.3) is 10.8 Å². The second-order valence-corrected chi connectivity index (χ2v) is 5.68. The smallest absolute Gasteiger partial charge is 0.0299 e. The number of nitrogens with one attached hydrogen (secondary N) is 1. The van der Waals surface area contributed by atoms with E-state index in [9.17, 15) is 0 Å². The molecule has 2 heteroatoms. The van der Waals surface area contributed by atoms with Gasteiger partial charge in [-0.15, -0.1) is 11.3 Å². The van der Waals surface area contributed by atoms with Crippen LogP contribution in [0.3, 0.4) is 0 Å². The van der Waals surface area contributed by atoms with Crippen molar-refractivity contribution in [1.29, 1.82) is 0 Å². The van der Waals surface area contributed by atoms with Gasteiger partial charge >= 0.3 is 0 Å². The highest BCUT2D eigenvalue weighted by Crippen LogP contribution is 2.18. The van der Waals surface area contributed by atoms with Crippen LogP contribution >= 0.6 is 11.3 Å². The molecule has 1 nitrogen and oxygen atoms in total. The summed E-state index contributed by atoms with van der Waals surface area (Å²) < 4.78 is 0. The normalized spacial score (nSPS) is 10.9. The molecule has 0 fully saturated rings. The fourth-order valence-electron chi connectivity index (χ4n) is 2.36. The Balaban J connectivity index is 1.62. The summed E-state index contributed by atoms with van der Waals surface area (Å²) in [6, 6.07) is 19.4. The SMILES string of the molecule is c1csc(CNCCc2cccc3ccccc23)c1. The minimum absolute atomic E-state index is 0.975. The van der Waals surface area contributed by atoms with E-state index in [0.717, 1.165) is 19.5 Å². The van der Waals surface area contributed by atoms with Gasteiger partial charge in [-0.2, -0.15) is 0 Å². The molecule has 1 heterocycles. The Morgan fingerprint density at radius 3 is 2.68 bits per heavy atom. The Bertz CT molecular complexity index is 638. The maximum atomic E-state index is 3.51. The van der Waals surface area contributed by atoms with Gasteiger partial charge in [-0.1, -0.05) is 48.5 Å². The molecule has 0 saturated carbocycles. The Labute approximate surface area is 117 Å². The quantitative estimate of drug-likeness (QED) is 0.682. The van der Waals surface area contributed by atoms with Crippen molar-refractivity contribution in [2.24, 2.45) is 0 Å². The molecular formula is C17H17NS. The minimum atomic E-state index is 0.975. The standard InChI is InChI=1S/C17H17NS/c1-2-9-17-14(5-1)6-3-7-15(17)10-11-18-13-16-8-4-12-19-16/h1-9,12,18H,10-11,13H2. The first-order valence-corrected chi connectivity index (χ1v) is 7.51. The van der Waals surface area contributed by atoms with E-state index in [0.29, 0.717) is 0 Å². The van der Waals surface area contributed by atoms with Crippen LogP contribution in [0.2, 0.25) is 0 Å². The fraction of sp³-hybridized carbons (Fsp3) is 0.176. The predicted molar refractivity (Wildman–Crippen MR) is 83.7 cm³/mol. The molecule has 0 atom stereocenters. The third kappa shape index (κ3) is 3.03. The number of fused-ring (bicyclic) bond motifs is 1. The largest absolute Gasteiger partial charge is 0.312 e. The fourth-order valence-corrected chi connectivity index (χ4v) is 3.03. The molecule has 19 heavy (non-hydrogen) atoms. The summed E-state index contributed by atoms with van der Waals surface area (Å²) in [6.07, 6.45) is 1.08. The highest BCUT2D eigenvalue weighted by molar-refractivity contribution is 7.09. The molecular weight excluding hydrogens is 250 g/mol. The van der Waals surface area contributed by atoms with Gasteiger partial charge in [0.25, 0.3) is 0 Å². The van der Waals surface area contributed by atoms with E-state index in [2.05, 4.69) is 65.3 Å². The summed E-state index contributed by atoms with van der Waals surface area (Å²) in [6.45, 7) is 1.99. The summed E-state index contributed by atoms with van der Waals surface area (Å²) >= 11 is 1.81. The molecule has 0 unspecified atom stereocenters. The average molecular weight is 267 g/mol. The van der Waals surface area contributed by atoms with Gasteiger partial charge in [0.15, 0.2) is 0 Å². The topological polar surface area (TPSA) is 12.0 Å². The first-order valence-electron chi connectivity index (χ1n) is 6.63. The highest BCUT2D eigenvalue weighted by atomic mass is 32.1. The molecule has 1 N–H and O–H groups in total. The Morgan fingerprint density at radius 1 is 0.895 bits per heavy atom. The summed E-state index contributed by atoms with van der Waals surface area (Å²) in [4.78, 5) is 1.40. The summed E-state index contributed by atoms with van der Waals surface area (Å²) in [5, 5.41) is 8.35. The van der Waals surface area contributed by atoms with Crippen molar-refractivity contribution < 1.29 is 0 Å². The zero-order valence-corrected chi connectivity index (χ0v) is 11.6. The molecule has 96 valence electrons. The lowest BCUT2D eigenvalue weighted by molar-refractivity contribution is 0.695. The van der Waals surface area contributed by atoms with Gasteiger partial charge in [0.05, 0.1) is 0 Å². The van der Waals surface area contributed by atoms with Crippen LogP contribution in [-0.2, 0) is 13.0 Å². The maximum Gasteiger partial charge on any atom is 0.0299 e. The van der Waals surface area contributed by atoms with Crippen molar-refractivity contribution in [2.45, 2.75) is 13.0 Å². The van der Waals surface area contributed by atoms with Crippen LogP contribution in [0.1, 0.15) is 10.4 Å². The van der Waals surface area contributed by atoms with Gasteiger partial charge in [-0.05, 0) is 40.7 Å². The zero-order chi connectivity index (χ0) is 12.9. The maximum absolute atomic E-state index is 3.51. The molecule has 2 aromatic carbocycles. The molecule has 3 aromatic rings. The molecule has 0 amide bonds. The molecule has 1 aromatic heterocycles. The third-order valence-electron chi connectivity index (χ3n) is 3.33. The first-order chi connectivity index (χ1) is 9.43. The van der Waals surface area contributed by atoms with Crippen molar-refractivity contribution >= 4 is 22.1 Å². The highest BCUT2D eigenvalue weighted by Gasteiger charge is 2.00. The number of benzene rings is 2. The number of hydrogen-bond acceptors (Lipinski definition) is 2. The van der Waals surface area contributed by atoms with E-state index >= 15 is 0 Å². The lowest BCUT2D eigenvalue weighted by Crippen LogP contribution is -2.16.